The summed E-state index contributed by atoms with van der Waals surface area (Å²) in [5, 5.41) is 11.4. The Hall–Kier alpha value is -5.76. The summed E-state index contributed by atoms with van der Waals surface area (Å²) in [4.78, 5) is 72.0. The van der Waals surface area contributed by atoms with Crippen LogP contribution in [0, 0.1) is 5.41 Å². The summed E-state index contributed by atoms with van der Waals surface area (Å²) in [5.41, 5.74) is 9.25. The van der Waals surface area contributed by atoms with Gasteiger partial charge >= 0.3 is 7.69 Å². The third-order valence-corrected chi connectivity index (χ3v) is 13.7. The Morgan fingerprint density at radius 1 is 0.790 bits per heavy atom. The topological polar surface area (TPSA) is 140 Å². The first kappa shape index (κ1) is 41.6. The van der Waals surface area contributed by atoms with Crippen LogP contribution in [0.15, 0.2) is 91.0 Å². The van der Waals surface area contributed by atoms with E-state index >= 15 is 0 Å². The summed E-state index contributed by atoms with van der Waals surface area (Å²) >= 11 is 6.40. The van der Waals surface area contributed by atoms with E-state index < -0.39 is 29.7 Å². The number of nitrogens with one attached hydrogen (secondary N) is 1. The van der Waals surface area contributed by atoms with Crippen LogP contribution >= 0.6 is 11.6 Å². The van der Waals surface area contributed by atoms with Gasteiger partial charge in [-0.3, -0.25) is 39.1 Å². The molecule has 0 aromatic heterocycles. The lowest BCUT2D eigenvalue weighted by Crippen LogP contribution is -2.54. The zero-order chi connectivity index (χ0) is 43.0. The molecule has 14 heteroatoms. The number of allylic oxidation sites excluding steroid dienone is 1. The molecule has 5 heterocycles. The number of piperidine rings is 3. The van der Waals surface area contributed by atoms with E-state index in [9.17, 15) is 24.0 Å². The lowest BCUT2D eigenvalue weighted by molar-refractivity contribution is -0.137. The van der Waals surface area contributed by atoms with Crippen LogP contribution in [-0.2, 0) is 27.5 Å². The smallest absolute Gasteiger partial charge is 0.537 e. The summed E-state index contributed by atoms with van der Waals surface area (Å²) < 4.78 is 5.19. The van der Waals surface area contributed by atoms with Crippen LogP contribution in [0.1, 0.15) is 93.5 Å². The Labute approximate surface area is 366 Å². The molecular formula is C48H48BClN5O7. The number of amides is 5. The number of imide groups is 2. The predicted octanol–water partition coefficient (Wildman–Crippen LogP) is 5.81. The number of halogens is 1. The maximum atomic E-state index is 13.6. The van der Waals surface area contributed by atoms with Crippen molar-refractivity contribution in [3.05, 3.63) is 130 Å². The first-order valence-electron chi connectivity index (χ1n) is 21.4. The van der Waals surface area contributed by atoms with E-state index in [4.69, 9.17) is 21.3 Å². The third-order valence-electron chi connectivity index (χ3n) is 13.5. The molecule has 1 unspecified atom stereocenters. The molecule has 5 aliphatic rings. The van der Waals surface area contributed by atoms with E-state index in [1.54, 1.807) is 12.1 Å². The fourth-order valence-electron chi connectivity index (χ4n) is 10.1. The highest BCUT2D eigenvalue weighted by Crippen LogP contribution is 2.43. The number of rotatable bonds is 11. The van der Waals surface area contributed by atoms with Crippen LogP contribution in [-0.4, -0.2) is 102 Å². The highest BCUT2D eigenvalue weighted by Gasteiger charge is 2.46. The predicted molar refractivity (Wildman–Crippen MR) is 236 cm³/mol. The van der Waals surface area contributed by atoms with Gasteiger partial charge in [0, 0.05) is 57.3 Å². The molecule has 317 valence electrons. The Kier molecular flexibility index (Phi) is 11.8. The summed E-state index contributed by atoms with van der Waals surface area (Å²) in [6.45, 7) is 4.62. The van der Waals surface area contributed by atoms with Gasteiger partial charge < -0.3 is 19.5 Å². The van der Waals surface area contributed by atoms with Crippen molar-refractivity contribution in [3.8, 4) is 5.75 Å². The molecule has 0 saturated carbocycles. The van der Waals surface area contributed by atoms with Crippen LogP contribution in [0.25, 0.3) is 11.1 Å². The van der Waals surface area contributed by atoms with Crippen molar-refractivity contribution >= 4 is 65.7 Å². The zero-order valence-electron chi connectivity index (χ0n) is 34.5. The number of carbonyl (C=O) groups is 5. The van der Waals surface area contributed by atoms with Crippen molar-refractivity contribution in [3.63, 3.8) is 0 Å². The molecule has 5 amide bonds. The number of nitrogens with zero attached hydrogens (tertiary/aromatic N) is 4. The lowest BCUT2D eigenvalue weighted by Gasteiger charge is -2.47. The number of alkyl halides is 1. The molecular weight excluding hydrogens is 805 g/mol. The van der Waals surface area contributed by atoms with Crippen LogP contribution in [0.3, 0.4) is 0 Å². The fourth-order valence-corrected chi connectivity index (χ4v) is 10.3. The average Bonchev–Trinajstić information content (AvgIpc) is 3.79. The van der Waals surface area contributed by atoms with Crippen LogP contribution in [0.4, 0.5) is 5.69 Å². The second kappa shape index (κ2) is 17.5. The Balaban J connectivity index is 0.798. The van der Waals surface area contributed by atoms with Gasteiger partial charge in [-0.1, -0.05) is 54.6 Å². The zero-order valence-corrected chi connectivity index (χ0v) is 35.2. The first-order valence-corrected chi connectivity index (χ1v) is 22.0. The molecule has 4 aromatic carbocycles. The first-order chi connectivity index (χ1) is 30.1. The van der Waals surface area contributed by atoms with Gasteiger partial charge in [0.25, 0.3) is 11.8 Å². The molecule has 1 radical (unpaired) electrons. The van der Waals surface area contributed by atoms with Gasteiger partial charge in [-0.2, -0.15) is 0 Å². The highest BCUT2D eigenvalue weighted by molar-refractivity contribution is 6.23. The van der Waals surface area contributed by atoms with E-state index in [2.05, 4.69) is 51.5 Å². The average molecular weight is 853 g/mol. The summed E-state index contributed by atoms with van der Waals surface area (Å²) in [7, 11) is 0.684. The summed E-state index contributed by atoms with van der Waals surface area (Å²) in [6, 6.07) is 29.4. The van der Waals surface area contributed by atoms with Gasteiger partial charge in [-0.15, -0.1) is 11.6 Å². The van der Waals surface area contributed by atoms with E-state index in [1.807, 2.05) is 47.4 Å². The Morgan fingerprint density at radius 3 is 1.97 bits per heavy atom. The van der Waals surface area contributed by atoms with Crippen molar-refractivity contribution in [2.75, 3.05) is 43.5 Å². The maximum Gasteiger partial charge on any atom is 0.569 e. The molecule has 3 saturated heterocycles. The molecule has 62 heavy (non-hydrogen) atoms. The van der Waals surface area contributed by atoms with Gasteiger partial charge in [-0.25, -0.2) is 0 Å². The van der Waals surface area contributed by atoms with E-state index in [-0.39, 0.29) is 41.8 Å². The van der Waals surface area contributed by atoms with Crippen LogP contribution in [0.2, 0.25) is 0 Å². The lowest BCUT2D eigenvalue weighted by atomic mass is 9.71. The molecule has 0 bridgehead atoms. The van der Waals surface area contributed by atoms with Gasteiger partial charge in [0.05, 0.1) is 17.7 Å². The van der Waals surface area contributed by atoms with E-state index in [1.165, 1.54) is 5.69 Å². The van der Waals surface area contributed by atoms with Crippen molar-refractivity contribution in [1.82, 2.24) is 20.0 Å². The molecule has 1 atom stereocenters. The third kappa shape index (κ3) is 8.16. The Morgan fingerprint density at radius 2 is 1.39 bits per heavy atom. The highest BCUT2D eigenvalue weighted by atomic mass is 35.5. The van der Waals surface area contributed by atoms with E-state index in [0.29, 0.717) is 38.8 Å². The number of hydrogen-bond donors (Lipinski definition) is 2. The molecule has 0 aliphatic carbocycles. The summed E-state index contributed by atoms with van der Waals surface area (Å²) in [6.07, 6.45) is 4.97. The van der Waals surface area contributed by atoms with Crippen molar-refractivity contribution < 1.29 is 33.7 Å². The largest absolute Gasteiger partial charge is 0.569 e. The second-order valence-corrected chi connectivity index (χ2v) is 17.5. The van der Waals surface area contributed by atoms with Gasteiger partial charge in [-0.05, 0) is 119 Å². The number of anilines is 1. The summed E-state index contributed by atoms with van der Waals surface area (Å²) in [5.74, 6) is -0.948. The van der Waals surface area contributed by atoms with Crippen LogP contribution in [0.5, 0.6) is 5.75 Å². The minimum atomic E-state index is -0.999. The SMILES string of the molecule is O=C1CCC(N2C(=O)c3cc4c(cc3C2=O)CN(CC(=O)N2CCC3(CC2)CCN(c2ccc(/C(=C(/CCCl)c5ccccc5)c5ccc(O[B]O)cc5)cc2)CC3)C4)C(=O)N1. The quantitative estimate of drug-likeness (QED) is 0.0830. The molecule has 9 rings (SSSR count). The molecule has 4 aromatic rings. The normalized spacial score (nSPS) is 20.2. The van der Waals surface area contributed by atoms with Gasteiger partial charge in [0.15, 0.2) is 0 Å². The molecule has 12 nitrogen and oxygen atoms in total. The minimum absolute atomic E-state index is 0.0737. The van der Waals surface area contributed by atoms with E-state index in [0.717, 1.165) is 95.7 Å². The van der Waals surface area contributed by atoms with Crippen molar-refractivity contribution in [1.29, 1.82) is 0 Å². The van der Waals surface area contributed by atoms with Crippen molar-refractivity contribution in [2.24, 2.45) is 5.41 Å². The number of fused-ring (bicyclic) bond motifs is 2. The molecule has 3 fully saturated rings. The number of likely N-dealkylation sites (tertiary alicyclic amines) is 1. The monoisotopic (exact) mass is 852 g/mol. The molecule has 5 aliphatic heterocycles. The number of hydrogen-bond acceptors (Lipinski definition) is 9. The fraction of sp³-hybridized carbons (Fsp3) is 0.354. The number of benzene rings is 4. The molecule has 2 N–H and O–H groups in total. The standard InChI is InChI=1S/C48H48BClN5O7/c50-21-16-38(31-4-2-1-3-5-31)44(33-8-12-37(13-9-33)62-49-61)32-6-10-36(11-7-32)53-22-17-48(18-23-53)19-24-54(25-20-48)43(57)30-52-28-34-26-39-40(27-35(34)29-52)47(60)55(46(39)59)41-14-15-42(56)51-45(41)58/h1-13,26-27,41,61H,14-25,28-30H2,(H,51,56,58)/b44-38+. The van der Waals surface area contributed by atoms with Gasteiger partial charge in [0.2, 0.25) is 17.7 Å². The number of carbonyl (C=O) groups excluding carboxylic acids is 5. The van der Waals surface area contributed by atoms with Crippen LogP contribution < -0.4 is 14.9 Å². The maximum absolute atomic E-state index is 13.6. The molecule has 1 spiro atoms. The van der Waals surface area contributed by atoms with Crippen molar-refractivity contribution in [2.45, 2.75) is 64.1 Å². The second-order valence-electron chi connectivity index (χ2n) is 17.1. The minimum Gasteiger partial charge on any atom is -0.537 e. The van der Waals surface area contributed by atoms with Gasteiger partial charge in [0.1, 0.15) is 11.8 Å². The Bertz CT molecular complexity index is 2380.